The molecule has 1 aliphatic heterocycles. The highest BCUT2D eigenvalue weighted by atomic mass is 32.1. The van der Waals surface area contributed by atoms with Crippen LogP contribution in [0.25, 0.3) is 10.2 Å². The summed E-state index contributed by atoms with van der Waals surface area (Å²) >= 11 is 7.41. The molecule has 2 aromatic heterocycles. The van der Waals surface area contributed by atoms with E-state index in [0.29, 0.717) is 5.92 Å². The van der Waals surface area contributed by atoms with Crippen LogP contribution in [0.5, 0.6) is 0 Å². The van der Waals surface area contributed by atoms with Gasteiger partial charge in [0.1, 0.15) is 16.5 Å². The van der Waals surface area contributed by atoms with Gasteiger partial charge in [0.05, 0.1) is 5.39 Å². The fourth-order valence-electron chi connectivity index (χ4n) is 4.48. The number of piperazine rings is 1. The molecule has 29 heavy (non-hydrogen) atoms. The van der Waals surface area contributed by atoms with Gasteiger partial charge >= 0.3 is 0 Å². The number of thiocarbonyl (C=S) groups is 1. The average molecular weight is 432 g/mol. The highest BCUT2D eigenvalue weighted by Gasteiger charge is 2.26. The number of anilines is 1. The monoisotopic (exact) mass is 431 g/mol. The maximum atomic E-state index is 5.57. The topological polar surface area (TPSA) is 44.3 Å². The van der Waals surface area contributed by atoms with Crippen molar-refractivity contribution in [3.63, 3.8) is 0 Å². The number of nitrogens with zero attached hydrogens (tertiary/aromatic N) is 4. The van der Waals surface area contributed by atoms with Crippen molar-refractivity contribution < 1.29 is 0 Å². The third-order valence-electron chi connectivity index (χ3n) is 6.39. The normalized spacial score (nSPS) is 18.4. The van der Waals surface area contributed by atoms with Gasteiger partial charge in [-0.1, -0.05) is 26.2 Å². The van der Waals surface area contributed by atoms with Crippen LogP contribution in [-0.2, 0) is 0 Å². The number of aromatic nitrogens is 2. The predicted octanol–water partition coefficient (Wildman–Crippen LogP) is 4.76. The highest BCUT2D eigenvalue weighted by Crippen LogP contribution is 2.38. The molecule has 1 saturated carbocycles. The van der Waals surface area contributed by atoms with E-state index in [1.165, 1.54) is 52.8 Å². The standard InChI is InChI=1S/C22H33N5S2/c1-4-10-23-22(28)27-13-11-26(12-14-27)20-18-15(2)16(3)29-21(18)25-19(24-20)17-8-6-5-7-9-17/h17H,4-14H2,1-3H3,(H,23,28). The van der Waals surface area contributed by atoms with E-state index in [1.54, 1.807) is 0 Å². The van der Waals surface area contributed by atoms with Gasteiger partial charge in [0.25, 0.3) is 0 Å². The summed E-state index contributed by atoms with van der Waals surface area (Å²) in [7, 11) is 0. The molecule has 0 radical (unpaired) electrons. The van der Waals surface area contributed by atoms with Crippen molar-refractivity contribution in [2.24, 2.45) is 0 Å². The molecule has 5 nitrogen and oxygen atoms in total. The van der Waals surface area contributed by atoms with Crippen molar-refractivity contribution in [1.29, 1.82) is 0 Å². The Labute approximate surface area is 183 Å². The lowest BCUT2D eigenvalue weighted by atomic mass is 9.88. The minimum absolute atomic E-state index is 0.529. The molecule has 158 valence electrons. The Morgan fingerprint density at radius 1 is 1.10 bits per heavy atom. The minimum Gasteiger partial charge on any atom is -0.363 e. The molecule has 0 spiro atoms. The van der Waals surface area contributed by atoms with E-state index >= 15 is 0 Å². The summed E-state index contributed by atoms with van der Waals surface area (Å²) in [4.78, 5) is 17.6. The van der Waals surface area contributed by atoms with Crippen LogP contribution in [0.2, 0.25) is 0 Å². The lowest BCUT2D eigenvalue weighted by molar-refractivity contribution is 0.378. The first-order valence-electron chi connectivity index (χ1n) is 11.1. The van der Waals surface area contributed by atoms with Gasteiger partial charge in [0.15, 0.2) is 5.11 Å². The average Bonchev–Trinajstić information content (AvgIpc) is 3.05. The molecular weight excluding hydrogens is 398 g/mol. The predicted molar refractivity (Wildman–Crippen MR) is 127 cm³/mol. The van der Waals surface area contributed by atoms with Crippen LogP contribution in [0.1, 0.15) is 67.6 Å². The molecule has 2 fully saturated rings. The molecule has 3 heterocycles. The first-order valence-corrected chi connectivity index (χ1v) is 12.4. The molecule has 0 bridgehead atoms. The van der Waals surface area contributed by atoms with Gasteiger partial charge in [-0.25, -0.2) is 9.97 Å². The third kappa shape index (κ3) is 4.36. The maximum Gasteiger partial charge on any atom is 0.169 e. The lowest BCUT2D eigenvalue weighted by Crippen LogP contribution is -2.52. The molecule has 2 aliphatic rings. The van der Waals surface area contributed by atoms with Gasteiger partial charge < -0.3 is 15.1 Å². The Morgan fingerprint density at radius 3 is 2.52 bits per heavy atom. The van der Waals surface area contributed by atoms with Crippen LogP contribution < -0.4 is 10.2 Å². The fourth-order valence-corrected chi connectivity index (χ4v) is 5.80. The molecule has 4 rings (SSSR count). The van der Waals surface area contributed by atoms with Crippen molar-refractivity contribution in [3.8, 4) is 0 Å². The van der Waals surface area contributed by atoms with Gasteiger partial charge in [-0.15, -0.1) is 11.3 Å². The Kier molecular flexibility index (Phi) is 6.54. The molecule has 1 saturated heterocycles. The number of thiophene rings is 1. The zero-order valence-electron chi connectivity index (χ0n) is 18.0. The van der Waals surface area contributed by atoms with Crippen molar-refractivity contribution in [1.82, 2.24) is 20.2 Å². The van der Waals surface area contributed by atoms with E-state index in [-0.39, 0.29) is 0 Å². The van der Waals surface area contributed by atoms with E-state index in [0.717, 1.165) is 55.9 Å². The molecule has 0 amide bonds. The van der Waals surface area contributed by atoms with Crippen LogP contribution >= 0.6 is 23.6 Å². The molecule has 7 heteroatoms. The van der Waals surface area contributed by atoms with Crippen LogP contribution in [0, 0.1) is 13.8 Å². The summed E-state index contributed by atoms with van der Waals surface area (Å²) < 4.78 is 0. The number of hydrogen-bond acceptors (Lipinski definition) is 5. The largest absolute Gasteiger partial charge is 0.363 e. The number of hydrogen-bond donors (Lipinski definition) is 1. The molecule has 1 N–H and O–H groups in total. The zero-order chi connectivity index (χ0) is 20.4. The fraction of sp³-hybridized carbons (Fsp3) is 0.682. The zero-order valence-corrected chi connectivity index (χ0v) is 19.6. The maximum absolute atomic E-state index is 5.57. The van der Waals surface area contributed by atoms with Crippen LogP contribution in [0.3, 0.4) is 0 Å². The Balaban J connectivity index is 1.60. The van der Waals surface area contributed by atoms with Crippen molar-refractivity contribution in [3.05, 3.63) is 16.3 Å². The Hall–Kier alpha value is -1.47. The molecule has 0 atom stereocenters. The van der Waals surface area contributed by atoms with Crippen LogP contribution in [-0.4, -0.2) is 52.7 Å². The summed E-state index contributed by atoms with van der Waals surface area (Å²) in [5.74, 6) is 2.77. The van der Waals surface area contributed by atoms with Gasteiger partial charge in [-0.05, 0) is 50.9 Å². The Morgan fingerprint density at radius 2 is 1.83 bits per heavy atom. The second-order valence-electron chi connectivity index (χ2n) is 8.41. The quantitative estimate of drug-likeness (QED) is 0.704. The summed E-state index contributed by atoms with van der Waals surface area (Å²) in [6, 6.07) is 0. The van der Waals surface area contributed by atoms with E-state index in [4.69, 9.17) is 22.2 Å². The molecule has 2 aromatic rings. The first kappa shape index (κ1) is 20.8. The van der Waals surface area contributed by atoms with Crippen molar-refractivity contribution >= 4 is 44.7 Å². The SMILES string of the molecule is CCCNC(=S)N1CCN(c2nc(C3CCCCC3)nc3sc(C)c(C)c23)CC1. The smallest absolute Gasteiger partial charge is 0.169 e. The summed E-state index contributed by atoms with van der Waals surface area (Å²) in [5, 5.41) is 5.53. The Bertz CT molecular complexity index is 864. The summed E-state index contributed by atoms with van der Waals surface area (Å²) in [6.45, 7) is 11.4. The molecular formula is C22H33N5S2. The first-order chi connectivity index (χ1) is 14.1. The second kappa shape index (κ2) is 9.13. The molecule has 0 unspecified atom stereocenters. The number of nitrogens with one attached hydrogen (secondary N) is 1. The van der Waals surface area contributed by atoms with Gasteiger partial charge in [0, 0.05) is 43.5 Å². The van der Waals surface area contributed by atoms with Crippen molar-refractivity contribution in [2.45, 2.75) is 65.2 Å². The van der Waals surface area contributed by atoms with E-state index in [1.807, 2.05) is 11.3 Å². The number of fused-ring (bicyclic) bond motifs is 1. The minimum atomic E-state index is 0.529. The third-order valence-corrected chi connectivity index (χ3v) is 7.89. The van der Waals surface area contributed by atoms with Gasteiger partial charge in [-0.3, -0.25) is 0 Å². The van der Waals surface area contributed by atoms with E-state index in [9.17, 15) is 0 Å². The molecule has 0 aromatic carbocycles. The van der Waals surface area contributed by atoms with E-state index < -0.39 is 0 Å². The highest BCUT2D eigenvalue weighted by molar-refractivity contribution is 7.80. The van der Waals surface area contributed by atoms with Crippen molar-refractivity contribution in [2.75, 3.05) is 37.6 Å². The second-order valence-corrected chi connectivity index (χ2v) is 10.00. The van der Waals surface area contributed by atoms with Crippen LogP contribution in [0.15, 0.2) is 0 Å². The van der Waals surface area contributed by atoms with Gasteiger partial charge in [-0.2, -0.15) is 0 Å². The lowest BCUT2D eigenvalue weighted by Gasteiger charge is -2.37. The number of rotatable bonds is 4. The number of aryl methyl sites for hydroxylation is 2. The summed E-state index contributed by atoms with van der Waals surface area (Å²) in [5.41, 5.74) is 1.35. The molecule has 1 aliphatic carbocycles. The van der Waals surface area contributed by atoms with Crippen LogP contribution in [0.4, 0.5) is 5.82 Å². The van der Waals surface area contributed by atoms with Gasteiger partial charge in [0.2, 0.25) is 0 Å². The van der Waals surface area contributed by atoms with E-state index in [2.05, 4.69) is 35.9 Å². The summed E-state index contributed by atoms with van der Waals surface area (Å²) in [6.07, 6.45) is 7.55.